The Bertz CT molecular complexity index is 647. The molecule has 28 heavy (non-hydrogen) atoms. The lowest BCUT2D eigenvalue weighted by Crippen LogP contribution is -2.46. The molecular formula is C19H31N5O3S. The zero-order valence-electron chi connectivity index (χ0n) is 17.2. The molecule has 0 spiro atoms. The van der Waals surface area contributed by atoms with Crippen LogP contribution >= 0.6 is 11.8 Å². The summed E-state index contributed by atoms with van der Waals surface area (Å²) in [7, 11) is 1.84. The van der Waals surface area contributed by atoms with E-state index in [2.05, 4.69) is 16.6 Å². The maximum absolute atomic E-state index is 12.4. The van der Waals surface area contributed by atoms with Crippen LogP contribution in [0.3, 0.4) is 0 Å². The van der Waals surface area contributed by atoms with E-state index >= 15 is 0 Å². The molecule has 0 bridgehead atoms. The van der Waals surface area contributed by atoms with Crippen LogP contribution in [0.5, 0.6) is 0 Å². The van der Waals surface area contributed by atoms with Crippen molar-refractivity contribution in [3.8, 4) is 0 Å². The van der Waals surface area contributed by atoms with E-state index in [0.29, 0.717) is 25.6 Å². The molecule has 0 saturated carbocycles. The maximum atomic E-state index is 12.4. The van der Waals surface area contributed by atoms with Crippen molar-refractivity contribution >= 4 is 29.3 Å². The van der Waals surface area contributed by atoms with Gasteiger partial charge in [-0.15, -0.1) is 0 Å². The number of nitro groups is 1. The van der Waals surface area contributed by atoms with Crippen LogP contribution in [0, 0.1) is 10.1 Å². The van der Waals surface area contributed by atoms with Gasteiger partial charge in [0.25, 0.3) is 5.69 Å². The van der Waals surface area contributed by atoms with Gasteiger partial charge in [0.15, 0.2) is 5.96 Å². The number of likely N-dealkylation sites (N-methyl/N-ethyl adjacent to an activating group) is 2. The number of benzene rings is 1. The first kappa shape index (κ1) is 23.7. The minimum Gasteiger partial charge on any atom is -0.356 e. The van der Waals surface area contributed by atoms with Gasteiger partial charge in [-0.3, -0.25) is 14.9 Å². The second kappa shape index (κ2) is 13.0. The van der Waals surface area contributed by atoms with Crippen LogP contribution in [-0.4, -0.2) is 71.8 Å². The van der Waals surface area contributed by atoms with E-state index in [4.69, 9.17) is 0 Å². The number of carbonyl (C=O) groups is 1. The summed E-state index contributed by atoms with van der Waals surface area (Å²) >= 11 is 1.79. The quantitative estimate of drug-likeness (QED) is 0.199. The number of hydrogen-bond acceptors (Lipinski definition) is 5. The SMILES string of the molecule is CCN(CC)C(=O)CN(C)C(=NCc1ccc([N+](=O)[O-])cc1)NCCCSC. The third-order valence-electron chi connectivity index (χ3n) is 4.22. The standard InChI is InChI=1S/C19H31N5O3S/c1-5-23(6-2)18(25)15-22(3)19(20-12-7-13-28-4)21-14-16-8-10-17(11-9-16)24(26)27/h8-11H,5-7,12-15H2,1-4H3,(H,20,21). The molecule has 0 saturated heterocycles. The largest absolute Gasteiger partial charge is 0.356 e. The fraction of sp³-hybridized carbons (Fsp3) is 0.579. The van der Waals surface area contributed by atoms with Gasteiger partial charge in [0.05, 0.1) is 18.0 Å². The molecule has 0 aromatic heterocycles. The first-order valence-electron chi connectivity index (χ1n) is 9.42. The zero-order valence-corrected chi connectivity index (χ0v) is 18.0. The van der Waals surface area contributed by atoms with E-state index in [9.17, 15) is 14.9 Å². The van der Waals surface area contributed by atoms with Gasteiger partial charge in [0.1, 0.15) is 0 Å². The Balaban J connectivity index is 2.82. The topological polar surface area (TPSA) is 91.1 Å². The lowest BCUT2D eigenvalue weighted by molar-refractivity contribution is -0.384. The van der Waals surface area contributed by atoms with Crippen molar-refractivity contribution < 1.29 is 9.72 Å². The summed E-state index contributed by atoms with van der Waals surface area (Å²) in [6.07, 6.45) is 3.06. The molecule has 0 radical (unpaired) electrons. The Morgan fingerprint density at radius 2 is 1.89 bits per heavy atom. The summed E-state index contributed by atoms with van der Waals surface area (Å²) < 4.78 is 0. The molecule has 0 heterocycles. The minimum atomic E-state index is -0.418. The highest BCUT2D eigenvalue weighted by atomic mass is 32.2. The minimum absolute atomic E-state index is 0.0569. The Morgan fingerprint density at radius 1 is 1.25 bits per heavy atom. The van der Waals surface area contributed by atoms with Crippen LogP contribution in [0.25, 0.3) is 0 Å². The Kier molecular flexibility index (Phi) is 11.0. The van der Waals surface area contributed by atoms with Crippen LogP contribution < -0.4 is 5.32 Å². The van der Waals surface area contributed by atoms with E-state index in [-0.39, 0.29) is 18.1 Å². The van der Waals surface area contributed by atoms with Gasteiger partial charge in [-0.1, -0.05) is 12.1 Å². The number of nitrogens with zero attached hydrogens (tertiary/aromatic N) is 4. The highest BCUT2D eigenvalue weighted by Gasteiger charge is 2.15. The molecule has 1 amide bonds. The smallest absolute Gasteiger partial charge is 0.269 e. The van der Waals surface area contributed by atoms with Crippen molar-refractivity contribution in [2.45, 2.75) is 26.8 Å². The zero-order chi connectivity index (χ0) is 20.9. The number of carbonyl (C=O) groups excluding carboxylic acids is 1. The van der Waals surface area contributed by atoms with Crippen LogP contribution in [0.15, 0.2) is 29.3 Å². The molecule has 0 aliphatic heterocycles. The summed E-state index contributed by atoms with van der Waals surface area (Å²) in [4.78, 5) is 31.0. The molecule has 1 aromatic rings. The van der Waals surface area contributed by atoms with E-state index in [1.807, 2.05) is 25.8 Å². The van der Waals surface area contributed by atoms with E-state index < -0.39 is 4.92 Å². The Labute approximate surface area is 171 Å². The number of thioether (sulfide) groups is 1. The van der Waals surface area contributed by atoms with Crippen molar-refractivity contribution in [2.24, 2.45) is 4.99 Å². The number of aliphatic imine (C=N–C) groups is 1. The lowest BCUT2D eigenvalue weighted by atomic mass is 10.2. The molecule has 156 valence electrons. The number of hydrogen-bond donors (Lipinski definition) is 1. The van der Waals surface area contributed by atoms with Gasteiger partial charge in [-0.25, -0.2) is 4.99 Å². The summed E-state index contributed by atoms with van der Waals surface area (Å²) in [5.74, 6) is 1.76. The van der Waals surface area contributed by atoms with Gasteiger partial charge in [-0.05, 0) is 37.8 Å². The first-order chi connectivity index (χ1) is 13.4. The monoisotopic (exact) mass is 409 g/mol. The Morgan fingerprint density at radius 3 is 2.43 bits per heavy atom. The van der Waals surface area contributed by atoms with Gasteiger partial charge in [-0.2, -0.15) is 11.8 Å². The van der Waals surface area contributed by atoms with Gasteiger partial charge >= 0.3 is 0 Å². The van der Waals surface area contributed by atoms with E-state index in [1.54, 1.807) is 28.8 Å². The predicted molar refractivity (Wildman–Crippen MR) is 116 cm³/mol. The van der Waals surface area contributed by atoms with Gasteiger partial charge < -0.3 is 15.1 Å². The molecule has 0 aliphatic carbocycles. The average Bonchev–Trinajstić information content (AvgIpc) is 2.68. The molecule has 9 heteroatoms. The fourth-order valence-corrected chi connectivity index (χ4v) is 3.00. The average molecular weight is 410 g/mol. The number of non-ortho nitro benzene ring substituents is 1. The summed E-state index contributed by atoms with van der Waals surface area (Å²) in [5.41, 5.74) is 0.933. The molecule has 0 fully saturated rings. The van der Waals surface area contributed by atoms with Crippen LogP contribution in [-0.2, 0) is 11.3 Å². The summed E-state index contributed by atoms with van der Waals surface area (Å²) in [5, 5.41) is 14.1. The van der Waals surface area contributed by atoms with Crippen molar-refractivity contribution in [3.05, 3.63) is 39.9 Å². The molecule has 0 aliphatic rings. The second-order valence-electron chi connectivity index (χ2n) is 6.26. The summed E-state index contributed by atoms with van der Waals surface area (Å²) in [6, 6.07) is 6.36. The number of amides is 1. The number of nitrogens with one attached hydrogen (secondary N) is 1. The maximum Gasteiger partial charge on any atom is 0.269 e. The fourth-order valence-electron chi connectivity index (χ4n) is 2.57. The second-order valence-corrected chi connectivity index (χ2v) is 7.24. The van der Waals surface area contributed by atoms with Gasteiger partial charge in [0, 0.05) is 38.8 Å². The third kappa shape index (κ3) is 8.16. The van der Waals surface area contributed by atoms with Crippen LogP contribution in [0.2, 0.25) is 0 Å². The molecule has 0 atom stereocenters. The summed E-state index contributed by atoms with van der Waals surface area (Å²) in [6.45, 7) is 6.68. The van der Waals surface area contributed by atoms with E-state index in [0.717, 1.165) is 24.3 Å². The third-order valence-corrected chi connectivity index (χ3v) is 4.91. The van der Waals surface area contributed by atoms with Crippen LogP contribution in [0.1, 0.15) is 25.8 Å². The number of nitro benzene ring substituents is 1. The number of rotatable bonds is 11. The lowest BCUT2D eigenvalue weighted by Gasteiger charge is -2.26. The van der Waals surface area contributed by atoms with Crippen molar-refractivity contribution in [1.82, 2.24) is 15.1 Å². The van der Waals surface area contributed by atoms with Crippen LogP contribution in [0.4, 0.5) is 5.69 Å². The molecule has 1 aromatic carbocycles. The normalized spacial score (nSPS) is 11.2. The van der Waals surface area contributed by atoms with Crippen molar-refractivity contribution in [3.63, 3.8) is 0 Å². The highest BCUT2D eigenvalue weighted by Crippen LogP contribution is 2.12. The van der Waals surface area contributed by atoms with E-state index in [1.165, 1.54) is 12.1 Å². The molecule has 8 nitrogen and oxygen atoms in total. The van der Waals surface area contributed by atoms with Crippen molar-refractivity contribution in [2.75, 3.05) is 45.2 Å². The molecular weight excluding hydrogens is 378 g/mol. The Hall–Kier alpha value is -2.29. The predicted octanol–water partition coefficient (Wildman–Crippen LogP) is 2.59. The molecule has 0 unspecified atom stereocenters. The molecule has 1 N–H and O–H groups in total. The van der Waals surface area contributed by atoms with Crippen molar-refractivity contribution in [1.29, 1.82) is 0 Å². The molecule has 1 rings (SSSR count). The number of guanidine groups is 1. The van der Waals surface area contributed by atoms with Gasteiger partial charge in [0.2, 0.25) is 5.91 Å². The highest BCUT2D eigenvalue weighted by molar-refractivity contribution is 7.98. The first-order valence-corrected chi connectivity index (χ1v) is 10.8.